The van der Waals surface area contributed by atoms with Crippen molar-refractivity contribution in [3.8, 4) is 0 Å². The highest BCUT2D eigenvalue weighted by atomic mass is 35.5. The Kier molecular flexibility index (Phi) is 3.38. The first kappa shape index (κ1) is 11.7. The maximum Gasteiger partial charge on any atom is 0.321 e. The minimum atomic E-state index is -0.825. The van der Waals surface area contributed by atoms with Crippen molar-refractivity contribution in [3.63, 3.8) is 0 Å². The van der Waals surface area contributed by atoms with Gasteiger partial charge in [-0.05, 0) is 30.7 Å². The number of nitrogens with one attached hydrogen (secondary N) is 1. The SMILES string of the molecule is O=C(O)[C@@H]1NCC[C@@H]1c1ccc(Cl)c(Cl)c1. The first-order valence-corrected chi connectivity index (χ1v) is 5.76. The summed E-state index contributed by atoms with van der Waals surface area (Å²) in [5.74, 6) is -0.860. The zero-order chi connectivity index (χ0) is 11.7. The van der Waals surface area contributed by atoms with Crippen LogP contribution in [0.1, 0.15) is 17.9 Å². The van der Waals surface area contributed by atoms with Gasteiger partial charge in [0.05, 0.1) is 10.0 Å². The van der Waals surface area contributed by atoms with E-state index in [1.807, 2.05) is 6.07 Å². The zero-order valence-electron chi connectivity index (χ0n) is 8.41. The Bertz CT molecular complexity index is 422. The Morgan fingerprint density at radius 3 is 2.75 bits per heavy atom. The largest absolute Gasteiger partial charge is 0.480 e. The molecule has 86 valence electrons. The van der Waals surface area contributed by atoms with Crippen molar-refractivity contribution in [1.29, 1.82) is 0 Å². The van der Waals surface area contributed by atoms with Gasteiger partial charge in [0, 0.05) is 5.92 Å². The van der Waals surface area contributed by atoms with Crippen LogP contribution in [0.5, 0.6) is 0 Å². The third-order valence-electron chi connectivity index (χ3n) is 2.86. The first-order chi connectivity index (χ1) is 7.59. The van der Waals surface area contributed by atoms with Crippen LogP contribution in [-0.4, -0.2) is 23.7 Å². The number of carbonyl (C=O) groups is 1. The summed E-state index contributed by atoms with van der Waals surface area (Å²) in [4.78, 5) is 11.0. The van der Waals surface area contributed by atoms with Crippen LogP contribution in [0.3, 0.4) is 0 Å². The number of hydrogen-bond donors (Lipinski definition) is 2. The molecule has 0 radical (unpaired) electrons. The molecule has 0 amide bonds. The Morgan fingerprint density at radius 2 is 2.12 bits per heavy atom. The van der Waals surface area contributed by atoms with Crippen LogP contribution in [0.4, 0.5) is 0 Å². The molecule has 3 nitrogen and oxygen atoms in total. The molecular formula is C11H11Cl2NO2. The third kappa shape index (κ3) is 2.17. The van der Waals surface area contributed by atoms with Gasteiger partial charge in [-0.25, -0.2) is 0 Å². The molecule has 0 unspecified atom stereocenters. The fourth-order valence-electron chi connectivity index (χ4n) is 2.06. The second-order valence-electron chi connectivity index (χ2n) is 3.84. The number of halogens is 2. The monoisotopic (exact) mass is 259 g/mol. The predicted molar refractivity (Wildman–Crippen MR) is 63.2 cm³/mol. The number of carboxylic acid groups (broad SMARTS) is 1. The molecule has 0 bridgehead atoms. The Hall–Kier alpha value is -0.770. The van der Waals surface area contributed by atoms with Gasteiger partial charge < -0.3 is 10.4 Å². The van der Waals surface area contributed by atoms with Gasteiger partial charge in [-0.3, -0.25) is 4.79 Å². The lowest BCUT2D eigenvalue weighted by atomic mass is 9.92. The number of aliphatic carboxylic acids is 1. The molecule has 0 aliphatic carbocycles. The van der Waals surface area contributed by atoms with Gasteiger partial charge >= 0.3 is 5.97 Å². The lowest BCUT2D eigenvalue weighted by molar-refractivity contribution is -0.139. The lowest BCUT2D eigenvalue weighted by Gasteiger charge is -2.16. The van der Waals surface area contributed by atoms with Gasteiger partial charge in [-0.2, -0.15) is 0 Å². The number of hydrogen-bond acceptors (Lipinski definition) is 2. The van der Waals surface area contributed by atoms with Crippen molar-refractivity contribution in [2.75, 3.05) is 6.54 Å². The van der Waals surface area contributed by atoms with Crippen LogP contribution in [0.2, 0.25) is 10.0 Å². The molecule has 5 heteroatoms. The molecule has 2 atom stereocenters. The Balaban J connectivity index is 2.29. The second-order valence-corrected chi connectivity index (χ2v) is 4.65. The first-order valence-electron chi connectivity index (χ1n) is 5.00. The molecule has 1 heterocycles. The van der Waals surface area contributed by atoms with Crippen molar-refractivity contribution < 1.29 is 9.90 Å². The van der Waals surface area contributed by atoms with E-state index < -0.39 is 12.0 Å². The van der Waals surface area contributed by atoms with E-state index in [0.29, 0.717) is 16.6 Å². The van der Waals surface area contributed by atoms with Crippen molar-refractivity contribution in [2.45, 2.75) is 18.4 Å². The van der Waals surface area contributed by atoms with Crippen LogP contribution >= 0.6 is 23.2 Å². The molecule has 0 spiro atoms. The van der Waals surface area contributed by atoms with Gasteiger partial charge in [0.15, 0.2) is 0 Å². The molecule has 1 aliphatic heterocycles. The molecule has 0 saturated carbocycles. The fraction of sp³-hybridized carbons (Fsp3) is 0.364. The highest BCUT2D eigenvalue weighted by molar-refractivity contribution is 6.42. The maximum atomic E-state index is 11.0. The topological polar surface area (TPSA) is 49.3 Å². The molecule has 2 rings (SSSR count). The standard InChI is InChI=1S/C11H11Cl2NO2/c12-8-2-1-6(5-9(8)13)7-3-4-14-10(7)11(15)16/h1-2,5,7,10,14H,3-4H2,(H,15,16)/t7-,10-/m1/s1. The summed E-state index contributed by atoms with van der Waals surface area (Å²) in [6.07, 6.45) is 0.801. The van der Waals surface area contributed by atoms with Crippen molar-refractivity contribution >= 4 is 29.2 Å². The third-order valence-corrected chi connectivity index (χ3v) is 3.60. The molecule has 1 saturated heterocycles. The summed E-state index contributed by atoms with van der Waals surface area (Å²) < 4.78 is 0. The van der Waals surface area contributed by atoms with E-state index in [-0.39, 0.29) is 5.92 Å². The maximum absolute atomic E-state index is 11.0. The van der Waals surface area contributed by atoms with Gasteiger partial charge in [0.25, 0.3) is 0 Å². The van der Waals surface area contributed by atoms with Gasteiger partial charge in [0.2, 0.25) is 0 Å². The van der Waals surface area contributed by atoms with E-state index in [2.05, 4.69) is 5.32 Å². The van der Waals surface area contributed by atoms with E-state index >= 15 is 0 Å². The normalized spacial score (nSPS) is 24.6. The van der Waals surface area contributed by atoms with E-state index in [0.717, 1.165) is 12.0 Å². The lowest BCUT2D eigenvalue weighted by Crippen LogP contribution is -2.34. The molecule has 1 fully saturated rings. The summed E-state index contributed by atoms with van der Waals surface area (Å²) in [5, 5.41) is 13.0. The van der Waals surface area contributed by atoms with Crippen LogP contribution in [0.25, 0.3) is 0 Å². The number of benzene rings is 1. The molecule has 0 aromatic heterocycles. The quantitative estimate of drug-likeness (QED) is 0.859. The van der Waals surface area contributed by atoms with Crippen molar-refractivity contribution in [2.24, 2.45) is 0 Å². The molecule has 1 aromatic rings. The summed E-state index contributed by atoms with van der Waals surface area (Å²) in [5.41, 5.74) is 0.923. The summed E-state index contributed by atoms with van der Waals surface area (Å²) in [6.45, 7) is 0.710. The predicted octanol–water partition coefficient (Wildman–Crippen LogP) is 2.52. The highest BCUT2D eigenvalue weighted by Gasteiger charge is 2.33. The Labute approximate surface area is 103 Å². The van der Waals surface area contributed by atoms with Crippen LogP contribution in [0, 0.1) is 0 Å². The molecule has 1 aliphatic rings. The zero-order valence-corrected chi connectivity index (χ0v) is 9.92. The van der Waals surface area contributed by atoms with E-state index in [9.17, 15) is 4.79 Å². The van der Waals surface area contributed by atoms with Crippen molar-refractivity contribution in [3.05, 3.63) is 33.8 Å². The second kappa shape index (κ2) is 4.62. The smallest absolute Gasteiger partial charge is 0.321 e. The minimum Gasteiger partial charge on any atom is -0.480 e. The number of carboxylic acids is 1. The number of rotatable bonds is 2. The van der Waals surface area contributed by atoms with Crippen LogP contribution < -0.4 is 5.32 Å². The van der Waals surface area contributed by atoms with E-state index in [4.69, 9.17) is 28.3 Å². The summed E-state index contributed by atoms with van der Waals surface area (Å²) in [6, 6.07) is 4.76. The molecule has 16 heavy (non-hydrogen) atoms. The molecular weight excluding hydrogens is 249 g/mol. The minimum absolute atomic E-state index is 0.0349. The van der Waals surface area contributed by atoms with Crippen molar-refractivity contribution in [1.82, 2.24) is 5.32 Å². The van der Waals surface area contributed by atoms with Crippen LogP contribution in [-0.2, 0) is 4.79 Å². The average Bonchev–Trinajstić information content (AvgIpc) is 2.71. The fourth-order valence-corrected chi connectivity index (χ4v) is 2.37. The molecule has 2 N–H and O–H groups in total. The van der Waals surface area contributed by atoms with Gasteiger partial charge in [-0.1, -0.05) is 29.3 Å². The van der Waals surface area contributed by atoms with Crippen LogP contribution in [0.15, 0.2) is 18.2 Å². The Morgan fingerprint density at radius 1 is 1.38 bits per heavy atom. The highest BCUT2D eigenvalue weighted by Crippen LogP contribution is 2.32. The van der Waals surface area contributed by atoms with Gasteiger partial charge in [-0.15, -0.1) is 0 Å². The van der Waals surface area contributed by atoms with E-state index in [1.54, 1.807) is 12.1 Å². The summed E-state index contributed by atoms with van der Waals surface area (Å²) in [7, 11) is 0. The van der Waals surface area contributed by atoms with E-state index in [1.165, 1.54) is 0 Å². The molecule has 1 aromatic carbocycles. The summed E-state index contributed by atoms with van der Waals surface area (Å²) >= 11 is 11.7. The average molecular weight is 260 g/mol. The van der Waals surface area contributed by atoms with Gasteiger partial charge in [0.1, 0.15) is 6.04 Å².